The summed E-state index contributed by atoms with van der Waals surface area (Å²) in [7, 11) is -3.17. The minimum atomic E-state index is -3.17. The van der Waals surface area contributed by atoms with E-state index in [-0.39, 0.29) is 11.8 Å². The highest BCUT2D eigenvalue weighted by molar-refractivity contribution is 7.89. The molecule has 116 valence electrons. The van der Waals surface area contributed by atoms with Gasteiger partial charge in [0.05, 0.1) is 5.75 Å². The predicted octanol–water partition coefficient (Wildman–Crippen LogP) is 0.367. The van der Waals surface area contributed by atoms with Crippen LogP contribution in [-0.4, -0.2) is 57.8 Å². The van der Waals surface area contributed by atoms with Crippen molar-refractivity contribution in [2.45, 2.75) is 18.4 Å². The van der Waals surface area contributed by atoms with Crippen LogP contribution in [0, 0.1) is 0 Å². The number of nitrogens with one attached hydrogen (secondary N) is 2. The van der Waals surface area contributed by atoms with Gasteiger partial charge in [-0.25, -0.2) is 13.1 Å². The summed E-state index contributed by atoms with van der Waals surface area (Å²) >= 11 is 0. The maximum absolute atomic E-state index is 12.1. The minimum absolute atomic E-state index is 0.0837. The number of benzene rings is 1. The van der Waals surface area contributed by atoms with Crippen LogP contribution >= 0.6 is 0 Å². The summed E-state index contributed by atoms with van der Waals surface area (Å²) < 4.78 is 27.1. The topological polar surface area (TPSA) is 61.4 Å². The molecule has 3 rings (SSSR count). The van der Waals surface area contributed by atoms with Crippen LogP contribution in [0.25, 0.3) is 0 Å². The Morgan fingerprint density at radius 2 is 1.90 bits per heavy atom. The molecule has 1 saturated carbocycles. The molecule has 0 amide bonds. The monoisotopic (exact) mass is 309 g/mol. The summed E-state index contributed by atoms with van der Waals surface area (Å²) in [5.41, 5.74) is 1.23. The van der Waals surface area contributed by atoms with Crippen molar-refractivity contribution in [3.05, 3.63) is 35.9 Å². The molecule has 6 heteroatoms. The lowest BCUT2D eigenvalue weighted by Crippen LogP contribution is -2.46. The van der Waals surface area contributed by atoms with Crippen LogP contribution < -0.4 is 10.0 Å². The Bertz CT molecular complexity index is 556. The molecule has 0 radical (unpaired) electrons. The van der Waals surface area contributed by atoms with Crippen LogP contribution in [0.1, 0.15) is 17.9 Å². The van der Waals surface area contributed by atoms with Crippen molar-refractivity contribution in [3.63, 3.8) is 0 Å². The molecular formula is C15H23N3O2S. The van der Waals surface area contributed by atoms with Crippen molar-refractivity contribution in [1.29, 1.82) is 0 Å². The molecule has 1 aliphatic heterocycles. The van der Waals surface area contributed by atoms with Gasteiger partial charge in [-0.2, -0.15) is 0 Å². The van der Waals surface area contributed by atoms with E-state index in [9.17, 15) is 8.42 Å². The molecule has 1 aromatic rings. The minimum Gasteiger partial charge on any atom is -0.314 e. The Morgan fingerprint density at radius 3 is 2.62 bits per heavy atom. The summed E-state index contributed by atoms with van der Waals surface area (Å²) in [4.78, 5) is 2.21. The molecule has 21 heavy (non-hydrogen) atoms. The summed E-state index contributed by atoms with van der Waals surface area (Å²) in [5.74, 6) is 0.547. The zero-order valence-electron chi connectivity index (χ0n) is 12.2. The maximum atomic E-state index is 12.1. The van der Waals surface area contributed by atoms with E-state index < -0.39 is 10.0 Å². The van der Waals surface area contributed by atoms with Crippen LogP contribution in [0.4, 0.5) is 0 Å². The molecular weight excluding hydrogens is 286 g/mol. The van der Waals surface area contributed by atoms with Crippen molar-refractivity contribution in [2.75, 3.05) is 38.5 Å². The summed E-state index contributed by atoms with van der Waals surface area (Å²) in [6, 6.07) is 10.2. The summed E-state index contributed by atoms with van der Waals surface area (Å²) in [6.45, 7) is 4.40. The van der Waals surface area contributed by atoms with Gasteiger partial charge in [-0.05, 0) is 12.0 Å². The second-order valence-electron chi connectivity index (χ2n) is 5.89. The number of rotatable bonds is 6. The highest BCUT2D eigenvalue weighted by atomic mass is 32.2. The average molecular weight is 309 g/mol. The third-order valence-corrected chi connectivity index (χ3v) is 5.62. The fourth-order valence-electron chi connectivity index (χ4n) is 2.87. The van der Waals surface area contributed by atoms with E-state index in [1.54, 1.807) is 0 Å². The van der Waals surface area contributed by atoms with Crippen molar-refractivity contribution >= 4 is 10.0 Å². The second-order valence-corrected chi connectivity index (χ2v) is 7.76. The van der Waals surface area contributed by atoms with E-state index >= 15 is 0 Å². The Morgan fingerprint density at radius 1 is 1.19 bits per heavy atom. The molecule has 1 heterocycles. The Hall–Kier alpha value is -0.950. The number of piperazine rings is 1. The van der Waals surface area contributed by atoms with Gasteiger partial charge in [-0.1, -0.05) is 30.3 Å². The Balaban J connectivity index is 1.46. The Labute approximate surface area is 126 Å². The first-order valence-corrected chi connectivity index (χ1v) is 9.27. The van der Waals surface area contributed by atoms with Gasteiger partial charge in [0.15, 0.2) is 0 Å². The number of sulfonamides is 1. The zero-order chi connectivity index (χ0) is 14.7. The van der Waals surface area contributed by atoms with Gasteiger partial charge in [0.25, 0.3) is 0 Å². The van der Waals surface area contributed by atoms with Gasteiger partial charge in [0.2, 0.25) is 10.0 Å². The van der Waals surface area contributed by atoms with Crippen LogP contribution in [0.2, 0.25) is 0 Å². The number of hydrogen-bond donors (Lipinski definition) is 2. The predicted molar refractivity (Wildman–Crippen MR) is 83.8 cm³/mol. The number of hydrogen-bond acceptors (Lipinski definition) is 4. The highest BCUT2D eigenvalue weighted by Crippen LogP contribution is 2.40. The van der Waals surface area contributed by atoms with Crippen LogP contribution in [0.15, 0.2) is 30.3 Å². The fraction of sp³-hybridized carbons (Fsp3) is 0.600. The van der Waals surface area contributed by atoms with Crippen LogP contribution in [0.5, 0.6) is 0 Å². The van der Waals surface area contributed by atoms with E-state index in [0.717, 1.165) is 32.6 Å². The molecule has 2 N–H and O–H groups in total. The second kappa shape index (κ2) is 6.44. The highest BCUT2D eigenvalue weighted by Gasteiger charge is 2.40. The first-order valence-electron chi connectivity index (χ1n) is 7.62. The average Bonchev–Trinajstić information content (AvgIpc) is 3.26. The molecule has 0 aromatic heterocycles. The molecule has 5 nitrogen and oxygen atoms in total. The molecule has 0 bridgehead atoms. The summed E-state index contributed by atoms with van der Waals surface area (Å²) in [6.07, 6.45) is 0.914. The quantitative estimate of drug-likeness (QED) is 0.797. The summed E-state index contributed by atoms with van der Waals surface area (Å²) in [5, 5.41) is 3.27. The normalized spacial score (nSPS) is 26.7. The van der Waals surface area contributed by atoms with E-state index in [0.29, 0.717) is 12.5 Å². The maximum Gasteiger partial charge on any atom is 0.213 e. The van der Waals surface area contributed by atoms with Crippen LogP contribution in [0.3, 0.4) is 0 Å². The molecule has 0 spiro atoms. The largest absolute Gasteiger partial charge is 0.314 e. The lowest BCUT2D eigenvalue weighted by atomic mass is 10.1. The fourth-order valence-corrected chi connectivity index (χ4v) is 4.21. The van der Waals surface area contributed by atoms with Crippen molar-refractivity contribution in [2.24, 2.45) is 0 Å². The van der Waals surface area contributed by atoms with Gasteiger partial charge in [0, 0.05) is 44.7 Å². The van der Waals surface area contributed by atoms with E-state index in [1.165, 1.54) is 5.56 Å². The molecule has 1 saturated heterocycles. The third-order valence-electron chi connectivity index (χ3n) is 4.23. The first kappa shape index (κ1) is 15.0. The zero-order valence-corrected chi connectivity index (χ0v) is 13.0. The molecule has 1 aliphatic carbocycles. The van der Waals surface area contributed by atoms with Crippen molar-refractivity contribution < 1.29 is 8.42 Å². The number of nitrogens with zero attached hydrogens (tertiary/aromatic N) is 1. The van der Waals surface area contributed by atoms with Gasteiger partial charge >= 0.3 is 0 Å². The molecule has 2 aliphatic rings. The van der Waals surface area contributed by atoms with Crippen molar-refractivity contribution in [3.8, 4) is 0 Å². The van der Waals surface area contributed by atoms with Gasteiger partial charge in [-0.3, -0.25) is 4.90 Å². The standard InChI is InChI=1S/C15H23N3O2S/c19-21(20,11-10-18-8-6-16-7-9-18)17-15-12-14(15)13-4-2-1-3-5-13/h1-5,14-17H,6-12H2. The smallest absolute Gasteiger partial charge is 0.213 e. The van der Waals surface area contributed by atoms with E-state index in [4.69, 9.17) is 0 Å². The molecule has 2 atom stereocenters. The molecule has 1 aromatic carbocycles. The first-order chi connectivity index (χ1) is 10.1. The SMILES string of the molecule is O=S(=O)(CCN1CCNCC1)NC1CC1c1ccccc1. The van der Waals surface area contributed by atoms with E-state index in [1.807, 2.05) is 18.2 Å². The lowest BCUT2D eigenvalue weighted by Gasteiger charge is -2.26. The van der Waals surface area contributed by atoms with Gasteiger partial charge in [0.1, 0.15) is 0 Å². The van der Waals surface area contributed by atoms with Gasteiger partial charge in [-0.15, -0.1) is 0 Å². The van der Waals surface area contributed by atoms with Crippen LogP contribution in [-0.2, 0) is 10.0 Å². The van der Waals surface area contributed by atoms with E-state index in [2.05, 4.69) is 27.1 Å². The Kier molecular flexibility index (Phi) is 4.59. The van der Waals surface area contributed by atoms with Gasteiger partial charge < -0.3 is 5.32 Å². The molecule has 2 unspecified atom stereocenters. The van der Waals surface area contributed by atoms with Crippen molar-refractivity contribution in [1.82, 2.24) is 14.9 Å². The molecule has 2 fully saturated rings. The lowest BCUT2D eigenvalue weighted by molar-refractivity contribution is 0.253. The third kappa shape index (κ3) is 4.26.